The van der Waals surface area contributed by atoms with Gasteiger partial charge < -0.3 is 0 Å². The summed E-state index contributed by atoms with van der Waals surface area (Å²) >= 11 is 2.00. The molecule has 0 amide bonds. The van der Waals surface area contributed by atoms with Crippen LogP contribution in [-0.4, -0.2) is 13.1 Å². The molecule has 3 aromatic carbocycles. The Hall–Kier alpha value is -2.75. The lowest BCUT2D eigenvalue weighted by atomic mass is 9.82. The molecule has 0 fully saturated rings. The molecule has 0 N–H and O–H groups in total. The summed E-state index contributed by atoms with van der Waals surface area (Å²) in [6, 6.07) is 29.5. The van der Waals surface area contributed by atoms with Crippen molar-refractivity contribution >= 4 is 50.0 Å². The average Bonchev–Trinajstić information content (AvgIpc) is 3.27. The molecule has 0 aliphatic carbocycles. The van der Waals surface area contributed by atoms with E-state index in [1.807, 2.05) is 17.5 Å². The molecule has 0 unspecified atom stereocenters. The van der Waals surface area contributed by atoms with Crippen molar-refractivity contribution in [3.05, 3.63) is 90.6 Å². The third-order valence-electron chi connectivity index (χ3n) is 7.86. The predicted octanol–water partition coefficient (Wildman–Crippen LogP) is 8.80. The van der Waals surface area contributed by atoms with Gasteiger partial charge in [0, 0.05) is 11.8 Å². The van der Waals surface area contributed by atoms with Crippen LogP contribution in [0.2, 0.25) is 11.1 Å². The molecule has 0 spiro atoms. The normalized spacial score (nSPS) is 12.8. The fraction of sp³-hybridized carbons (Fsp3) is 0.303. The minimum absolute atomic E-state index is 0.0504. The fourth-order valence-corrected chi connectivity index (χ4v) is 15.1. The summed E-state index contributed by atoms with van der Waals surface area (Å²) < 4.78 is 2.89. The van der Waals surface area contributed by atoms with E-state index in [0.717, 1.165) is 5.69 Å². The molecule has 0 saturated heterocycles. The van der Waals surface area contributed by atoms with Crippen molar-refractivity contribution in [3.63, 3.8) is 0 Å². The SMILES string of the molecule is CC(C)[Si](c1ccccc1)(c1cc2ccnc(-c3cc(C(C)(C)C)c4ccccc4c3)c2s1)C(C)C. The van der Waals surface area contributed by atoms with Crippen molar-refractivity contribution < 1.29 is 0 Å². The number of benzene rings is 3. The highest BCUT2D eigenvalue weighted by Crippen LogP contribution is 2.40. The van der Waals surface area contributed by atoms with Gasteiger partial charge in [-0.2, -0.15) is 0 Å². The number of thiophene rings is 1. The molecule has 0 bridgehead atoms. The van der Waals surface area contributed by atoms with Crippen LogP contribution in [0, 0.1) is 0 Å². The van der Waals surface area contributed by atoms with Crippen molar-refractivity contribution in [1.82, 2.24) is 4.98 Å². The number of fused-ring (bicyclic) bond motifs is 2. The first-order valence-corrected chi connectivity index (χ1v) is 16.1. The molecule has 2 aromatic heterocycles. The Kier molecular flexibility index (Phi) is 6.42. The van der Waals surface area contributed by atoms with E-state index in [2.05, 4.69) is 127 Å². The minimum Gasteiger partial charge on any atom is -0.255 e. The van der Waals surface area contributed by atoms with Crippen LogP contribution >= 0.6 is 11.3 Å². The van der Waals surface area contributed by atoms with Crippen molar-refractivity contribution in [2.24, 2.45) is 0 Å². The standard InChI is InChI=1S/C33H37NSSi/c1-22(2)36(23(3)4,27-14-9-8-10-15-27)30-21-25-17-18-34-31(32(25)35-30)26-19-24-13-11-12-16-28(24)29(20-26)33(5,6)7/h8-23H,1-7H3. The smallest absolute Gasteiger partial charge is 0.135 e. The minimum atomic E-state index is -2.00. The fourth-order valence-electron chi connectivity index (χ4n) is 6.20. The molecule has 184 valence electrons. The second-order valence-electron chi connectivity index (χ2n) is 11.7. The lowest BCUT2D eigenvalue weighted by Gasteiger charge is -2.39. The zero-order valence-corrected chi connectivity index (χ0v) is 24.4. The molecule has 36 heavy (non-hydrogen) atoms. The van der Waals surface area contributed by atoms with Gasteiger partial charge in [-0.05, 0) is 67.0 Å². The second kappa shape index (κ2) is 9.28. The number of nitrogens with zero attached hydrogens (tertiary/aromatic N) is 1. The topological polar surface area (TPSA) is 12.9 Å². The Morgan fingerprint density at radius 1 is 0.750 bits per heavy atom. The van der Waals surface area contributed by atoms with Crippen LogP contribution in [0.5, 0.6) is 0 Å². The van der Waals surface area contributed by atoms with Crippen molar-refractivity contribution in [2.75, 3.05) is 0 Å². The molecule has 0 atom stereocenters. The summed E-state index contributed by atoms with van der Waals surface area (Å²) in [6.45, 7) is 16.6. The van der Waals surface area contributed by atoms with Gasteiger partial charge in [0.15, 0.2) is 0 Å². The van der Waals surface area contributed by atoms with Gasteiger partial charge in [-0.15, -0.1) is 11.3 Å². The van der Waals surface area contributed by atoms with Crippen LogP contribution in [0.25, 0.3) is 32.1 Å². The van der Waals surface area contributed by atoms with E-state index in [1.165, 1.54) is 37.2 Å². The maximum atomic E-state index is 4.99. The third kappa shape index (κ3) is 4.03. The molecular formula is C33H37NSSi. The van der Waals surface area contributed by atoms with Crippen LogP contribution in [0.3, 0.4) is 0 Å². The Bertz CT molecular complexity index is 1510. The number of hydrogen-bond acceptors (Lipinski definition) is 2. The first-order chi connectivity index (χ1) is 17.1. The van der Waals surface area contributed by atoms with Gasteiger partial charge in [-0.25, -0.2) is 0 Å². The second-order valence-corrected chi connectivity index (χ2v) is 18.3. The van der Waals surface area contributed by atoms with Crippen LogP contribution < -0.4 is 9.69 Å². The molecule has 0 aliphatic heterocycles. The molecule has 1 nitrogen and oxygen atoms in total. The molecule has 0 radical (unpaired) electrons. The molecule has 0 saturated carbocycles. The number of rotatable bonds is 5. The first-order valence-electron chi connectivity index (χ1n) is 13.1. The summed E-state index contributed by atoms with van der Waals surface area (Å²) in [5.41, 5.74) is 4.95. The Morgan fingerprint density at radius 3 is 2.08 bits per heavy atom. The van der Waals surface area contributed by atoms with E-state index in [0.29, 0.717) is 11.1 Å². The zero-order chi connectivity index (χ0) is 25.7. The van der Waals surface area contributed by atoms with Crippen LogP contribution in [-0.2, 0) is 5.41 Å². The molecule has 3 heteroatoms. The van der Waals surface area contributed by atoms with E-state index in [-0.39, 0.29) is 5.41 Å². The summed E-state index contributed by atoms with van der Waals surface area (Å²) in [4.78, 5) is 4.99. The largest absolute Gasteiger partial charge is 0.255 e. The Balaban J connectivity index is 1.78. The number of aromatic nitrogens is 1. The molecular weight excluding hydrogens is 471 g/mol. The number of pyridine rings is 1. The van der Waals surface area contributed by atoms with Gasteiger partial charge in [0.1, 0.15) is 8.07 Å². The molecule has 0 aliphatic rings. The Morgan fingerprint density at radius 2 is 1.42 bits per heavy atom. The van der Waals surface area contributed by atoms with Crippen molar-refractivity contribution in [3.8, 4) is 11.3 Å². The van der Waals surface area contributed by atoms with Gasteiger partial charge in [0.25, 0.3) is 0 Å². The van der Waals surface area contributed by atoms with E-state index in [9.17, 15) is 0 Å². The van der Waals surface area contributed by atoms with E-state index in [1.54, 1.807) is 4.50 Å². The van der Waals surface area contributed by atoms with E-state index < -0.39 is 8.07 Å². The zero-order valence-electron chi connectivity index (χ0n) is 22.6. The summed E-state index contributed by atoms with van der Waals surface area (Å²) in [5.74, 6) is 0. The highest BCUT2D eigenvalue weighted by molar-refractivity contribution is 7.34. The molecule has 5 aromatic rings. The van der Waals surface area contributed by atoms with Crippen molar-refractivity contribution in [1.29, 1.82) is 0 Å². The summed E-state index contributed by atoms with van der Waals surface area (Å²) in [5, 5.41) is 5.48. The van der Waals surface area contributed by atoms with Gasteiger partial charge in [0.2, 0.25) is 0 Å². The van der Waals surface area contributed by atoms with Gasteiger partial charge in [-0.3, -0.25) is 4.98 Å². The molecule has 2 heterocycles. The summed E-state index contributed by atoms with van der Waals surface area (Å²) in [6.07, 6.45) is 2.00. The van der Waals surface area contributed by atoms with Gasteiger partial charge in [0.05, 0.1) is 10.4 Å². The molecule has 5 rings (SSSR count). The highest BCUT2D eigenvalue weighted by atomic mass is 32.1. The van der Waals surface area contributed by atoms with Gasteiger partial charge >= 0.3 is 0 Å². The lowest BCUT2D eigenvalue weighted by Crippen LogP contribution is -2.61. The van der Waals surface area contributed by atoms with Crippen LogP contribution in [0.4, 0.5) is 0 Å². The average molecular weight is 508 g/mol. The van der Waals surface area contributed by atoms with Gasteiger partial charge in [-0.1, -0.05) is 108 Å². The Labute approximate surface area is 221 Å². The first kappa shape index (κ1) is 24.9. The highest BCUT2D eigenvalue weighted by Gasteiger charge is 2.44. The third-order valence-corrected chi connectivity index (χ3v) is 16.0. The van der Waals surface area contributed by atoms with Crippen LogP contribution in [0.1, 0.15) is 54.0 Å². The van der Waals surface area contributed by atoms with E-state index >= 15 is 0 Å². The quantitative estimate of drug-likeness (QED) is 0.217. The monoisotopic (exact) mass is 507 g/mol. The van der Waals surface area contributed by atoms with Crippen LogP contribution in [0.15, 0.2) is 85.1 Å². The number of hydrogen-bond donors (Lipinski definition) is 0. The maximum Gasteiger partial charge on any atom is 0.135 e. The lowest BCUT2D eigenvalue weighted by molar-refractivity contribution is 0.596. The summed E-state index contributed by atoms with van der Waals surface area (Å²) in [7, 11) is -2.00. The van der Waals surface area contributed by atoms with E-state index in [4.69, 9.17) is 4.98 Å². The maximum absolute atomic E-state index is 4.99. The van der Waals surface area contributed by atoms with Crippen molar-refractivity contribution in [2.45, 2.75) is 65.0 Å². The predicted molar refractivity (Wildman–Crippen MR) is 163 cm³/mol.